The first-order chi connectivity index (χ1) is 14.0. The van der Waals surface area contributed by atoms with E-state index >= 15 is 0 Å². The Hall–Kier alpha value is -3.65. The lowest BCUT2D eigenvalue weighted by Crippen LogP contribution is -2.10. The molecule has 0 saturated heterocycles. The number of anilines is 1. The number of nitrogens with one attached hydrogen (secondary N) is 2. The van der Waals surface area contributed by atoms with Crippen LogP contribution in [0.5, 0.6) is 0 Å². The van der Waals surface area contributed by atoms with Crippen LogP contribution < -0.4 is 5.32 Å². The Kier molecular flexibility index (Phi) is 5.01. The van der Waals surface area contributed by atoms with E-state index in [0.717, 1.165) is 5.52 Å². The van der Waals surface area contributed by atoms with E-state index in [0.29, 0.717) is 33.4 Å². The standard InChI is InChI=1S/C20H17ClN6O2/c1-27(2)11-23-13-9-16-19(22-10-13)26-18(25-16)14-8-12(5-6-15(14)21)24-20(28)17-4-3-7-29-17/h3-11H,1-2H3,(H,24,28)(H,22,25,26)/b23-11+. The molecule has 0 unspecified atom stereocenters. The minimum Gasteiger partial charge on any atom is -0.459 e. The molecule has 29 heavy (non-hydrogen) atoms. The van der Waals surface area contributed by atoms with Gasteiger partial charge in [-0.2, -0.15) is 0 Å². The van der Waals surface area contributed by atoms with E-state index in [-0.39, 0.29) is 11.7 Å². The van der Waals surface area contributed by atoms with Gasteiger partial charge in [-0.3, -0.25) is 4.79 Å². The lowest BCUT2D eigenvalue weighted by atomic mass is 10.2. The Morgan fingerprint density at radius 1 is 1.31 bits per heavy atom. The zero-order chi connectivity index (χ0) is 20.4. The monoisotopic (exact) mass is 408 g/mol. The van der Waals surface area contributed by atoms with Crippen molar-refractivity contribution in [3.8, 4) is 11.4 Å². The molecule has 1 aromatic carbocycles. The van der Waals surface area contributed by atoms with Crippen LogP contribution in [0.4, 0.5) is 11.4 Å². The molecule has 2 N–H and O–H groups in total. The fourth-order valence-corrected chi connectivity index (χ4v) is 2.86. The number of pyridine rings is 1. The molecule has 0 spiro atoms. The van der Waals surface area contributed by atoms with Crippen molar-refractivity contribution in [2.24, 2.45) is 4.99 Å². The van der Waals surface area contributed by atoms with Gasteiger partial charge in [0.25, 0.3) is 5.91 Å². The molecule has 0 radical (unpaired) electrons. The molecule has 8 nitrogen and oxygen atoms in total. The van der Waals surface area contributed by atoms with Gasteiger partial charge >= 0.3 is 0 Å². The summed E-state index contributed by atoms with van der Waals surface area (Å²) in [5, 5.41) is 3.27. The second-order valence-corrected chi connectivity index (χ2v) is 6.89. The number of carbonyl (C=O) groups excluding carboxylic acids is 1. The Labute approximate surface area is 171 Å². The number of hydrogen-bond donors (Lipinski definition) is 2. The number of halogens is 1. The minimum atomic E-state index is -0.349. The number of carbonyl (C=O) groups is 1. The third kappa shape index (κ3) is 4.12. The van der Waals surface area contributed by atoms with Gasteiger partial charge in [-0.25, -0.2) is 15.0 Å². The first-order valence-electron chi connectivity index (χ1n) is 8.71. The highest BCUT2D eigenvalue weighted by Crippen LogP contribution is 2.30. The molecule has 1 amide bonds. The van der Waals surface area contributed by atoms with Gasteiger partial charge in [-0.15, -0.1) is 0 Å². The summed E-state index contributed by atoms with van der Waals surface area (Å²) < 4.78 is 5.11. The van der Waals surface area contributed by atoms with Crippen LogP contribution in [0.2, 0.25) is 5.02 Å². The second-order valence-electron chi connectivity index (χ2n) is 6.48. The Morgan fingerprint density at radius 3 is 2.93 bits per heavy atom. The fraction of sp³-hybridized carbons (Fsp3) is 0.100. The highest BCUT2D eigenvalue weighted by atomic mass is 35.5. The zero-order valence-corrected chi connectivity index (χ0v) is 16.4. The normalized spacial score (nSPS) is 11.3. The number of amides is 1. The number of nitrogens with zero attached hydrogens (tertiary/aromatic N) is 4. The third-order valence-electron chi connectivity index (χ3n) is 3.99. The van der Waals surface area contributed by atoms with Crippen molar-refractivity contribution in [2.75, 3.05) is 19.4 Å². The van der Waals surface area contributed by atoms with E-state index in [9.17, 15) is 4.79 Å². The summed E-state index contributed by atoms with van der Waals surface area (Å²) in [6.45, 7) is 0. The average Bonchev–Trinajstić information content (AvgIpc) is 3.37. The number of H-pyrrole nitrogens is 1. The van der Waals surface area contributed by atoms with Crippen LogP contribution in [0.1, 0.15) is 10.6 Å². The van der Waals surface area contributed by atoms with Crippen molar-refractivity contribution in [2.45, 2.75) is 0 Å². The van der Waals surface area contributed by atoms with Crippen molar-refractivity contribution in [1.29, 1.82) is 0 Å². The molecule has 0 fully saturated rings. The van der Waals surface area contributed by atoms with Crippen LogP contribution in [0, 0.1) is 0 Å². The van der Waals surface area contributed by atoms with Gasteiger partial charge in [-0.05, 0) is 36.4 Å². The molecule has 0 aliphatic rings. The van der Waals surface area contributed by atoms with Crippen molar-refractivity contribution in [3.63, 3.8) is 0 Å². The second kappa shape index (κ2) is 7.76. The number of imidazole rings is 1. The Morgan fingerprint density at radius 2 is 2.17 bits per heavy atom. The van der Waals surface area contributed by atoms with Crippen LogP contribution >= 0.6 is 11.6 Å². The van der Waals surface area contributed by atoms with Gasteiger partial charge in [0.05, 0.1) is 35.0 Å². The number of aliphatic imine (C=N–C) groups is 1. The summed E-state index contributed by atoms with van der Waals surface area (Å²) >= 11 is 6.37. The maximum atomic E-state index is 12.2. The molecule has 4 rings (SSSR count). The highest BCUT2D eigenvalue weighted by molar-refractivity contribution is 6.33. The molecule has 0 atom stereocenters. The molecule has 0 saturated carbocycles. The van der Waals surface area contributed by atoms with E-state index < -0.39 is 0 Å². The maximum absolute atomic E-state index is 12.2. The maximum Gasteiger partial charge on any atom is 0.291 e. The van der Waals surface area contributed by atoms with Crippen molar-refractivity contribution < 1.29 is 9.21 Å². The topological polar surface area (TPSA) is 99.4 Å². The number of benzene rings is 1. The Bertz CT molecular complexity index is 1200. The molecule has 146 valence electrons. The molecule has 3 aromatic heterocycles. The predicted octanol–water partition coefficient (Wildman–Crippen LogP) is 4.35. The van der Waals surface area contributed by atoms with Gasteiger partial charge in [0, 0.05) is 25.3 Å². The predicted molar refractivity (Wildman–Crippen MR) is 113 cm³/mol. The van der Waals surface area contributed by atoms with Crippen molar-refractivity contribution in [1.82, 2.24) is 19.9 Å². The lowest BCUT2D eigenvalue weighted by Gasteiger charge is -2.07. The first kappa shape index (κ1) is 18.7. The third-order valence-corrected chi connectivity index (χ3v) is 4.31. The van der Waals surface area contributed by atoms with E-state index in [1.807, 2.05) is 25.1 Å². The molecule has 9 heteroatoms. The van der Waals surface area contributed by atoms with Crippen molar-refractivity contribution in [3.05, 3.63) is 59.6 Å². The highest BCUT2D eigenvalue weighted by Gasteiger charge is 2.14. The number of rotatable bonds is 5. The minimum absolute atomic E-state index is 0.222. The van der Waals surface area contributed by atoms with Gasteiger partial charge in [-0.1, -0.05) is 11.6 Å². The van der Waals surface area contributed by atoms with Gasteiger partial charge in [0.2, 0.25) is 0 Å². The summed E-state index contributed by atoms with van der Waals surface area (Å²) in [5.41, 5.74) is 3.18. The van der Waals surface area contributed by atoms with Crippen LogP contribution in [0.25, 0.3) is 22.6 Å². The van der Waals surface area contributed by atoms with Gasteiger partial charge in [0.15, 0.2) is 11.4 Å². The summed E-state index contributed by atoms with van der Waals surface area (Å²) in [6, 6.07) is 10.2. The Balaban J connectivity index is 1.65. The zero-order valence-electron chi connectivity index (χ0n) is 15.7. The van der Waals surface area contributed by atoms with E-state index in [1.54, 1.807) is 42.9 Å². The van der Waals surface area contributed by atoms with E-state index in [2.05, 4.69) is 25.3 Å². The molecule has 0 aliphatic carbocycles. The van der Waals surface area contributed by atoms with E-state index in [1.165, 1.54) is 6.26 Å². The largest absolute Gasteiger partial charge is 0.459 e. The summed E-state index contributed by atoms with van der Waals surface area (Å²) in [6.07, 6.45) is 4.79. The van der Waals surface area contributed by atoms with Crippen LogP contribution in [-0.2, 0) is 0 Å². The smallest absolute Gasteiger partial charge is 0.291 e. The summed E-state index contributed by atoms with van der Waals surface area (Å²) in [4.78, 5) is 30.4. The molecule has 0 bridgehead atoms. The number of hydrogen-bond acceptors (Lipinski definition) is 5. The summed E-state index contributed by atoms with van der Waals surface area (Å²) in [7, 11) is 3.78. The van der Waals surface area contributed by atoms with Gasteiger partial charge in [0.1, 0.15) is 5.82 Å². The molecular weight excluding hydrogens is 392 g/mol. The first-order valence-corrected chi connectivity index (χ1v) is 9.08. The number of aromatic amines is 1. The van der Waals surface area contributed by atoms with Crippen LogP contribution in [-0.4, -0.2) is 46.2 Å². The quantitative estimate of drug-likeness (QED) is 0.378. The number of furan rings is 1. The number of fused-ring (bicyclic) bond motifs is 1. The van der Waals surface area contributed by atoms with Crippen LogP contribution in [0.3, 0.4) is 0 Å². The number of aromatic nitrogens is 3. The SMILES string of the molecule is CN(C)/C=N/c1cnc2nc(-c3cc(NC(=O)c4ccco4)ccc3Cl)[nH]c2c1. The van der Waals surface area contributed by atoms with Crippen molar-refractivity contribution >= 4 is 46.4 Å². The lowest BCUT2D eigenvalue weighted by molar-refractivity contribution is 0.0996. The fourth-order valence-electron chi connectivity index (χ4n) is 2.65. The van der Waals surface area contributed by atoms with Gasteiger partial charge < -0.3 is 19.6 Å². The summed E-state index contributed by atoms with van der Waals surface area (Å²) in [5.74, 6) is 0.415. The molecule has 4 aromatic rings. The van der Waals surface area contributed by atoms with E-state index in [4.69, 9.17) is 16.0 Å². The molecule has 0 aliphatic heterocycles. The van der Waals surface area contributed by atoms with Crippen LogP contribution in [0.15, 0.2) is 58.3 Å². The average molecular weight is 409 g/mol. The molecule has 3 heterocycles. The molecular formula is C20H17ClN6O2.